The van der Waals surface area contributed by atoms with E-state index in [1.807, 2.05) is 31.2 Å². The fourth-order valence-corrected chi connectivity index (χ4v) is 2.97. The molecule has 0 aliphatic heterocycles. The minimum Gasteiger partial charge on any atom is -0.389 e. The molecule has 0 bridgehead atoms. The van der Waals surface area contributed by atoms with Crippen molar-refractivity contribution < 1.29 is 5.11 Å². The second-order valence-corrected chi connectivity index (χ2v) is 6.71. The zero-order valence-electron chi connectivity index (χ0n) is 12.9. The molecule has 1 atom stereocenters. The molecule has 0 saturated heterocycles. The Morgan fingerprint density at radius 3 is 2.81 bits per heavy atom. The van der Waals surface area contributed by atoms with Crippen molar-refractivity contribution in [1.29, 1.82) is 0 Å². The van der Waals surface area contributed by atoms with E-state index >= 15 is 0 Å². The van der Waals surface area contributed by atoms with Gasteiger partial charge in [-0.15, -0.1) is 0 Å². The topological polar surface area (TPSA) is 45.1 Å². The number of aromatic nitrogens is 1. The van der Waals surface area contributed by atoms with Crippen LogP contribution in [-0.2, 0) is 6.54 Å². The van der Waals surface area contributed by atoms with Crippen LogP contribution < -0.4 is 5.32 Å². The van der Waals surface area contributed by atoms with Crippen LogP contribution >= 0.6 is 11.6 Å². The van der Waals surface area contributed by atoms with Gasteiger partial charge >= 0.3 is 0 Å². The summed E-state index contributed by atoms with van der Waals surface area (Å²) in [7, 11) is 0. The van der Waals surface area contributed by atoms with Crippen LogP contribution in [0, 0.1) is 5.92 Å². The zero-order chi connectivity index (χ0) is 15.5. The van der Waals surface area contributed by atoms with Gasteiger partial charge in [-0.05, 0) is 43.0 Å². The highest BCUT2D eigenvalue weighted by molar-refractivity contribution is 6.35. The molecule has 1 aromatic carbocycles. The van der Waals surface area contributed by atoms with Gasteiger partial charge < -0.3 is 10.4 Å². The molecular formula is C17H23ClN2O. The Morgan fingerprint density at radius 1 is 1.33 bits per heavy atom. The molecule has 0 aliphatic carbocycles. The molecule has 0 aliphatic rings. The second-order valence-electron chi connectivity index (χ2n) is 6.30. The predicted molar refractivity (Wildman–Crippen MR) is 88.5 cm³/mol. The SMILES string of the molecule is CC(C)CC(C)(O)CNCc1ccc(Cl)c2cccnc12. The standard InChI is InChI=1S/C17H23ClN2O/c1-12(2)9-17(3,21)11-19-10-13-6-7-15(18)14-5-4-8-20-16(13)14/h4-8,12,19,21H,9-11H2,1-3H3. The molecule has 0 radical (unpaired) electrons. The lowest BCUT2D eigenvalue weighted by molar-refractivity contribution is 0.0383. The van der Waals surface area contributed by atoms with E-state index in [2.05, 4.69) is 24.1 Å². The fourth-order valence-electron chi connectivity index (χ4n) is 2.76. The number of nitrogens with zero attached hydrogens (tertiary/aromatic N) is 1. The summed E-state index contributed by atoms with van der Waals surface area (Å²) >= 11 is 6.19. The highest BCUT2D eigenvalue weighted by Crippen LogP contribution is 2.24. The van der Waals surface area contributed by atoms with E-state index in [1.54, 1.807) is 6.20 Å². The molecule has 114 valence electrons. The molecule has 2 N–H and O–H groups in total. The van der Waals surface area contributed by atoms with Crippen LogP contribution in [0.1, 0.15) is 32.8 Å². The first-order valence-corrected chi connectivity index (χ1v) is 7.72. The van der Waals surface area contributed by atoms with Gasteiger partial charge in [0, 0.05) is 29.7 Å². The molecule has 2 rings (SSSR count). The van der Waals surface area contributed by atoms with Crippen molar-refractivity contribution in [2.75, 3.05) is 6.54 Å². The van der Waals surface area contributed by atoms with E-state index in [1.165, 1.54) is 0 Å². The number of hydrogen-bond acceptors (Lipinski definition) is 3. The van der Waals surface area contributed by atoms with Crippen molar-refractivity contribution >= 4 is 22.5 Å². The molecule has 0 saturated carbocycles. The number of nitrogens with one attached hydrogen (secondary N) is 1. The van der Waals surface area contributed by atoms with E-state index in [0.717, 1.165) is 22.9 Å². The van der Waals surface area contributed by atoms with E-state index in [-0.39, 0.29) is 0 Å². The van der Waals surface area contributed by atoms with Crippen LogP contribution in [0.5, 0.6) is 0 Å². The molecule has 0 fully saturated rings. The van der Waals surface area contributed by atoms with E-state index in [0.29, 0.717) is 24.0 Å². The maximum atomic E-state index is 10.3. The van der Waals surface area contributed by atoms with Crippen molar-refractivity contribution in [2.24, 2.45) is 5.92 Å². The number of halogens is 1. The van der Waals surface area contributed by atoms with Crippen LogP contribution in [0.2, 0.25) is 5.02 Å². The van der Waals surface area contributed by atoms with E-state index in [4.69, 9.17) is 11.6 Å². The van der Waals surface area contributed by atoms with Crippen LogP contribution in [0.15, 0.2) is 30.5 Å². The van der Waals surface area contributed by atoms with Crippen LogP contribution in [0.25, 0.3) is 10.9 Å². The number of rotatable bonds is 6. The highest BCUT2D eigenvalue weighted by atomic mass is 35.5. The van der Waals surface area contributed by atoms with Crippen LogP contribution in [-0.4, -0.2) is 22.2 Å². The average molecular weight is 307 g/mol. The third-order valence-electron chi connectivity index (χ3n) is 3.47. The van der Waals surface area contributed by atoms with Gasteiger partial charge in [0.2, 0.25) is 0 Å². The first-order chi connectivity index (χ1) is 9.89. The van der Waals surface area contributed by atoms with Gasteiger partial charge in [0.25, 0.3) is 0 Å². The predicted octanol–water partition coefficient (Wildman–Crippen LogP) is 3.77. The lowest BCUT2D eigenvalue weighted by atomic mass is 9.94. The van der Waals surface area contributed by atoms with Gasteiger partial charge in [-0.3, -0.25) is 4.98 Å². The average Bonchev–Trinajstić information content (AvgIpc) is 2.40. The Balaban J connectivity index is 2.06. The molecule has 2 aromatic rings. The summed E-state index contributed by atoms with van der Waals surface area (Å²) in [6.45, 7) is 7.33. The molecule has 1 aromatic heterocycles. The summed E-state index contributed by atoms with van der Waals surface area (Å²) in [5.74, 6) is 0.472. The normalized spacial score (nSPS) is 14.6. The van der Waals surface area contributed by atoms with Gasteiger partial charge in [-0.2, -0.15) is 0 Å². The van der Waals surface area contributed by atoms with Crippen LogP contribution in [0.3, 0.4) is 0 Å². The first-order valence-electron chi connectivity index (χ1n) is 7.34. The molecule has 1 heterocycles. The van der Waals surface area contributed by atoms with Gasteiger partial charge in [-0.25, -0.2) is 0 Å². The molecule has 1 unspecified atom stereocenters. The Labute approximate surface area is 131 Å². The fraction of sp³-hybridized carbons (Fsp3) is 0.471. The van der Waals surface area contributed by atoms with Crippen molar-refractivity contribution in [2.45, 2.75) is 39.3 Å². The van der Waals surface area contributed by atoms with Crippen LogP contribution in [0.4, 0.5) is 0 Å². The van der Waals surface area contributed by atoms with Crippen molar-refractivity contribution in [3.63, 3.8) is 0 Å². The smallest absolute Gasteiger partial charge is 0.0761 e. The second kappa shape index (κ2) is 6.73. The maximum Gasteiger partial charge on any atom is 0.0761 e. The molecule has 0 amide bonds. The molecule has 3 nitrogen and oxygen atoms in total. The minimum atomic E-state index is -0.691. The minimum absolute atomic E-state index is 0.472. The molecule has 21 heavy (non-hydrogen) atoms. The summed E-state index contributed by atoms with van der Waals surface area (Å²) in [6, 6.07) is 7.75. The Bertz CT molecular complexity index is 611. The van der Waals surface area contributed by atoms with Gasteiger partial charge in [0.15, 0.2) is 0 Å². The van der Waals surface area contributed by atoms with Gasteiger partial charge in [-0.1, -0.05) is 31.5 Å². The number of benzene rings is 1. The third kappa shape index (κ3) is 4.40. The Hall–Kier alpha value is -1.16. The Morgan fingerprint density at radius 2 is 2.10 bits per heavy atom. The monoisotopic (exact) mass is 306 g/mol. The van der Waals surface area contributed by atoms with Gasteiger partial charge in [0.1, 0.15) is 0 Å². The summed E-state index contributed by atoms with van der Waals surface area (Å²) in [4.78, 5) is 4.42. The summed E-state index contributed by atoms with van der Waals surface area (Å²) in [6.07, 6.45) is 2.55. The zero-order valence-corrected chi connectivity index (χ0v) is 13.6. The first kappa shape index (κ1) is 16.2. The van der Waals surface area contributed by atoms with E-state index in [9.17, 15) is 5.11 Å². The van der Waals surface area contributed by atoms with E-state index < -0.39 is 5.60 Å². The summed E-state index contributed by atoms with van der Waals surface area (Å²) in [5, 5.41) is 15.3. The lowest BCUT2D eigenvalue weighted by Crippen LogP contribution is -2.38. The Kier molecular flexibility index (Phi) is 5.20. The van der Waals surface area contributed by atoms with Crippen molar-refractivity contribution in [1.82, 2.24) is 10.3 Å². The largest absolute Gasteiger partial charge is 0.389 e. The summed E-state index contributed by atoms with van der Waals surface area (Å²) < 4.78 is 0. The molecule has 4 heteroatoms. The number of fused-ring (bicyclic) bond motifs is 1. The van der Waals surface area contributed by atoms with Crippen molar-refractivity contribution in [3.05, 3.63) is 41.0 Å². The maximum absolute atomic E-state index is 10.3. The lowest BCUT2D eigenvalue weighted by Gasteiger charge is -2.25. The third-order valence-corrected chi connectivity index (χ3v) is 3.80. The summed E-state index contributed by atoms with van der Waals surface area (Å²) in [5.41, 5.74) is 1.32. The van der Waals surface area contributed by atoms with Crippen molar-refractivity contribution in [3.8, 4) is 0 Å². The quantitative estimate of drug-likeness (QED) is 0.854. The highest BCUT2D eigenvalue weighted by Gasteiger charge is 2.21. The van der Waals surface area contributed by atoms with Gasteiger partial charge in [0.05, 0.1) is 11.1 Å². The number of pyridine rings is 1. The molecular weight excluding hydrogens is 284 g/mol. The molecule has 0 spiro atoms. The number of hydrogen-bond donors (Lipinski definition) is 2. The number of aliphatic hydroxyl groups is 1.